The van der Waals surface area contributed by atoms with Gasteiger partial charge in [-0.25, -0.2) is 10.1 Å². The number of ether oxygens (including phenoxy) is 3. The van der Waals surface area contributed by atoms with Crippen LogP contribution < -0.4 is 21.4 Å². The van der Waals surface area contributed by atoms with Crippen LogP contribution in [0.2, 0.25) is 0 Å². The van der Waals surface area contributed by atoms with E-state index < -0.39 is 32.0 Å². The van der Waals surface area contributed by atoms with Crippen molar-refractivity contribution in [3.05, 3.63) is 36.7 Å². The Balaban J connectivity index is 1.37. The van der Waals surface area contributed by atoms with E-state index in [1.165, 1.54) is 32.0 Å². The summed E-state index contributed by atoms with van der Waals surface area (Å²) in [5.74, 6) is -0.510. The molecule has 14 nitrogen and oxygen atoms in total. The Morgan fingerprint density at radius 2 is 1.84 bits per heavy atom. The molecule has 0 spiro atoms. The summed E-state index contributed by atoms with van der Waals surface area (Å²) in [4.78, 5) is 37.8. The van der Waals surface area contributed by atoms with Crippen LogP contribution in [0.4, 0.5) is 11.8 Å². The summed E-state index contributed by atoms with van der Waals surface area (Å²) in [6.45, 7) is 5.55. The van der Waals surface area contributed by atoms with E-state index >= 15 is 0 Å². The molecule has 15 heteroatoms. The van der Waals surface area contributed by atoms with Crippen LogP contribution in [0.25, 0.3) is 11.2 Å². The highest BCUT2D eigenvalue weighted by Crippen LogP contribution is 2.42. The summed E-state index contributed by atoms with van der Waals surface area (Å²) in [5.41, 5.74) is 6.72. The Labute approximate surface area is 263 Å². The van der Waals surface area contributed by atoms with Gasteiger partial charge in [-0.2, -0.15) is 9.97 Å². The second-order valence-corrected chi connectivity index (χ2v) is 12.9. The number of nitrogen functional groups attached to an aromatic ring is 1. The first-order valence-electron chi connectivity index (χ1n) is 15.6. The van der Waals surface area contributed by atoms with Gasteiger partial charge in [0.25, 0.3) is 0 Å². The van der Waals surface area contributed by atoms with Crippen LogP contribution in [-0.4, -0.2) is 63.5 Å². The third-order valence-electron chi connectivity index (χ3n) is 7.24. The summed E-state index contributed by atoms with van der Waals surface area (Å²) < 4.78 is 38.3. The van der Waals surface area contributed by atoms with E-state index in [-0.39, 0.29) is 37.5 Å². The smallest absolute Gasteiger partial charge is 0.323 e. The van der Waals surface area contributed by atoms with Crippen molar-refractivity contribution in [2.75, 3.05) is 30.9 Å². The Kier molecular flexibility index (Phi) is 12.8. The van der Waals surface area contributed by atoms with Crippen molar-refractivity contribution < 1.29 is 32.9 Å². The molecule has 4 atom stereocenters. The lowest BCUT2D eigenvalue weighted by Gasteiger charge is -2.24. The van der Waals surface area contributed by atoms with Gasteiger partial charge in [-0.05, 0) is 32.4 Å². The molecular formula is C30H44N7O7P. The highest BCUT2D eigenvalue weighted by atomic mass is 31.2. The molecule has 4 N–H and O–H groups in total. The zero-order valence-corrected chi connectivity index (χ0v) is 27.0. The summed E-state index contributed by atoms with van der Waals surface area (Å²) in [5, 5.41) is 6.01. The molecule has 1 fully saturated rings. The fourth-order valence-electron chi connectivity index (χ4n) is 4.90. The lowest BCUT2D eigenvalue weighted by molar-refractivity contribution is -0.144. The van der Waals surface area contributed by atoms with Gasteiger partial charge in [0.2, 0.25) is 11.9 Å². The second-order valence-electron chi connectivity index (χ2n) is 10.8. The molecule has 1 unspecified atom stereocenters. The number of imidazole rings is 1. The van der Waals surface area contributed by atoms with E-state index in [0.29, 0.717) is 22.9 Å². The minimum absolute atomic E-state index is 0.0279. The van der Waals surface area contributed by atoms with E-state index in [0.717, 1.165) is 19.3 Å². The molecule has 4 rings (SSSR count). The van der Waals surface area contributed by atoms with Crippen molar-refractivity contribution in [2.24, 2.45) is 0 Å². The van der Waals surface area contributed by atoms with Gasteiger partial charge < -0.3 is 29.8 Å². The maximum atomic E-state index is 13.9. The van der Waals surface area contributed by atoms with Crippen LogP contribution >= 0.6 is 7.52 Å². The quantitative estimate of drug-likeness (QED) is 0.101. The average Bonchev–Trinajstić information content (AvgIpc) is 3.67. The highest BCUT2D eigenvalue weighted by Gasteiger charge is 2.35. The zero-order valence-electron chi connectivity index (χ0n) is 26.1. The molecule has 1 aliphatic rings. The first kappa shape index (κ1) is 34.5. The third kappa shape index (κ3) is 9.54. The van der Waals surface area contributed by atoms with E-state index in [1.54, 1.807) is 48.7 Å². The number of hydrogen-bond acceptors (Lipinski definition) is 11. The molecule has 3 heterocycles. The molecule has 2 aromatic heterocycles. The first-order chi connectivity index (χ1) is 21.7. The molecule has 3 aromatic rings. The minimum Gasteiger partial charge on any atom is -0.465 e. The van der Waals surface area contributed by atoms with Crippen LogP contribution in [0.1, 0.15) is 78.4 Å². The highest BCUT2D eigenvalue weighted by molar-refractivity contribution is 7.65. The number of benzene rings is 1. The molecule has 0 radical (unpaired) electrons. The van der Waals surface area contributed by atoms with Gasteiger partial charge >= 0.3 is 13.5 Å². The van der Waals surface area contributed by atoms with Crippen LogP contribution in [0.5, 0.6) is 0 Å². The Bertz CT molecular complexity index is 1460. The molecule has 1 saturated heterocycles. The number of nitrogens with zero attached hydrogens (tertiary/aromatic N) is 4. The molecule has 1 aromatic carbocycles. The average molecular weight is 646 g/mol. The third-order valence-corrected chi connectivity index (χ3v) is 9.46. The van der Waals surface area contributed by atoms with Gasteiger partial charge in [-0.1, -0.05) is 63.6 Å². The van der Waals surface area contributed by atoms with Crippen molar-refractivity contribution in [3.63, 3.8) is 0 Å². The zero-order chi connectivity index (χ0) is 32.2. The number of amides is 1. The lowest BCUT2D eigenvalue weighted by atomic mass is 10.1. The number of carbonyl (C=O) groups is 2. The molecule has 0 bridgehead atoms. The number of unbranched alkanes of at least 4 members (excludes halogenated alkanes) is 6. The monoisotopic (exact) mass is 645 g/mol. The van der Waals surface area contributed by atoms with Crippen LogP contribution in [0.3, 0.4) is 0 Å². The largest absolute Gasteiger partial charge is 0.465 e. The molecular weight excluding hydrogens is 601 g/mol. The Morgan fingerprint density at radius 1 is 1.11 bits per heavy atom. The van der Waals surface area contributed by atoms with Gasteiger partial charge in [0.1, 0.15) is 12.6 Å². The van der Waals surface area contributed by atoms with Gasteiger partial charge in [-0.3, -0.25) is 18.7 Å². The topological polar surface area (TPSA) is 182 Å². The number of carbonyl (C=O) groups excluding carboxylic acids is 2. The van der Waals surface area contributed by atoms with Crippen molar-refractivity contribution in [2.45, 2.75) is 90.7 Å². The maximum absolute atomic E-state index is 13.9. The Hall–Kier alpha value is -3.42. The van der Waals surface area contributed by atoms with Crippen molar-refractivity contribution in [1.29, 1.82) is 0 Å². The number of hydrogen-bond donors (Lipinski definition) is 3. The van der Waals surface area contributed by atoms with Gasteiger partial charge in [0, 0.05) is 6.42 Å². The number of nitrogens with two attached hydrogens (primary N) is 1. The van der Waals surface area contributed by atoms with E-state index in [2.05, 4.69) is 32.3 Å². The van der Waals surface area contributed by atoms with Crippen LogP contribution in [0.15, 0.2) is 36.7 Å². The maximum Gasteiger partial charge on any atom is 0.323 e. The van der Waals surface area contributed by atoms with E-state index in [1.807, 2.05) is 0 Å². The van der Waals surface area contributed by atoms with Crippen LogP contribution in [0, 0.1) is 0 Å². The predicted molar refractivity (Wildman–Crippen MR) is 170 cm³/mol. The van der Waals surface area contributed by atoms with Gasteiger partial charge in [0.15, 0.2) is 29.5 Å². The number of anilines is 2. The molecule has 45 heavy (non-hydrogen) atoms. The number of rotatable bonds is 18. The van der Waals surface area contributed by atoms with Gasteiger partial charge in [-0.15, -0.1) is 0 Å². The fourth-order valence-corrected chi connectivity index (χ4v) is 6.78. The lowest BCUT2D eigenvalue weighted by Crippen LogP contribution is -2.37. The summed E-state index contributed by atoms with van der Waals surface area (Å²) in [6, 6.07) is 7.65. The fraction of sp³-hybridized carbons (Fsp3) is 0.567. The number of fused-ring (bicyclic) bond motifs is 1. The van der Waals surface area contributed by atoms with Gasteiger partial charge in [0.05, 0.1) is 24.8 Å². The van der Waals surface area contributed by atoms with Crippen molar-refractivity contribution >= 4 is 47.6 Å². The molecule has 0 aliphatic carbocycles. The van der Waals surface area contributed by atoms with Crippen molar-refractivity contribution in [1.82, 2.24) is 24.6 Å². The number of nitrogens with one attached hydrogen (secondary N) is 2. The predicted octanol–water partition coefficient (Wildman–Crippen LogP) is 4.44. The second kappa shape index (κ2) is 16.8. The molecule has 1 amide bonds. The summed E-state index contributed by atoms with van der Waals surface area (Å²) >= 11 is 0. The SMILES string of the molecule is CCCCCCCCCC(=O)Nc1nc(N)nc2c1ncn2[C@H]1CO[C@@H](COP(=O)(N[C@@H](C)C(=O)OCC)c2ccccc2)O1. The molecule has 1 aliphatic heterocycles. The Morgan fingerprint density at radius 3 is 2.58 bits per heavy atom. The van der Waals surface area contributed by atoms with E-state index in [9.17, 15) is 14.2 Å². The summed E-state index contributed by atoms with van der Waals surface area (Å²) in [7, 11) is -3.73. The standard InChI is InChI=1S/C30H44N7O7P/c1-4-6-7-8-9-10-14-17-23(38)33-27-26-28(35-30(31)34-27)37(20-32-26)24-18-42-25(44-24)19-43-45(40,22-15-12-11-13-16-22)36-21(3)29(39)41-5-2/h11-13,15-16,20-21,24-25H,4-10,14,17-19H2,1-3H3,(H,36,40)(H3,31,33,34,35,38)/t21-,24+,25+,45?/m0/s1. The van der Waals surface area contributed by atoms with E-state index in [4.69, 9.17) is 24.5 Å². The minimum atomic E-state index is -3.73. The normalized spacial score (nSPS) is 18.5. The molecule has 0 saturated carbocycles. The number of aromatic nitrogens is 4. The number of esters is 1. The van der Waals surface area contributed by atoms with Crippen molar-refractivity contribution in [3.8, 4) is 0 Å². The van der Waals surface area contributed by atoms with Crippen LogP contribution in [-0.2, 0) is 32.9 Å². The summed E-state index contributed by atoms with van der Waals surface area (Å²) in [6.07, 6.45) is 8.13. The molecule has 246 valence electrons. The first-order valence-corrected chi connectivity index (χ1v) is 17.2.